The third-order valence-electron chi connectivity index (χ3n) is 2.74. The zero-order chi connectivity index (χ0) is 15.2. The third kappa shape index (κ3) is 4.92. The van der Waals surface area contributed by atoms with Crippen LogP contribution in [0.3, 0.4) is 0 Å². The van der Waals surface area contributed by atoms with Gasteiger partial charge in [0.05, 0.1) is 5.75 Å². The van der Waals surface area contributed by atoms with Crippen LogP contribution in [-0.2, 0) is 4.79 Å². The summed E-state index contributed by atoms with van der Waals surface area (Å²) in [6.07, 6.45) is 0. The standard InChI is InChI=1S/C16H14ClNO2S/c1-11(19)12-3-2-4-15(9-12)21-10-16(20)18-14-7-5-13(17)6-8-14/h2-9H,10H2,1H3,(H,18,20). The van der Waals surface area contributed by atoms with Gasteiger partial charge in [0.15, 0.2) is 5.78 Å². The van der Waals surface area contributed by atoms with Crippen LogP contribution in [0.15, 0.2) is 53.4 Å². The Kier molecular flexibility index (Phi) is 5.42. The fourth-order valence-electron chi connectivity index (χ4n) is 1.68. The van der Waals surface area contributed by atoms with E-state index in [0.29, 0.717) is 16.3 Å². The van der Waals surface area contributed by atoms with Gasteiger partial charge in [0.25, 0.3) is 0 Å². The molecule has 2 aromatic carbocycles. The smallest absolute Gasteiger partial charge is 0.234 e. The molecule has 0 saturated carbocycles. The lowest BCUT2D eigenvalue weighted by molar-refractivity contribution is -0.113. The number of carbonyl (C=O) groups excluding carboxylic acids is 2. The van der Waals surface area contributed by atoms with Gasteiger partial charge in [-0.3, -0.25) is 9.59 Å². The number of rotatable bonds is 5. The number of Topliss-reactive ketones (excluding diaryl/α,β-unsaturated/α-hetero) is 1. The first-order chi connectivity index (χ1) is 10.0. The van der Waals surface area contributed by atoms with Crippen molar-refractivity contribution in [1.82, 2.24) is 0 Å². The Morgan fingerprint density at radius 3 is 2.52 bits per heavy atom. The van der Waals surface area contributed by atoms with Crippen LogP contribution in [0, 0.1) is 0 Å². The minimum atomic E-state index is -0.101. The Hall–Kier alpha value is -1.78. The lowest BCUT2D eigenvalue weighted by atomic mass is 10.2. The molecule has 0 spiro atoms. The van der Waals surface area contributed by atoms with Crippen molar-refractivity contribution in [2.24, 2.45) is 0 Å². The van der Waals surface area contributed by atoms with E-state index >= 15 is 0 Å². The van der Waals surface area contributed by atoms with Crippen LogP contribution >= 0.6 is 23.4 Å². The van der Waals surface area contributed by atoms with Gasteiger partial charge < -0.3 is 5.32 Å². The second-order valence-electron chi connectivity index (χ2n) is 4.43. The molecule has 0 aliphatic carbocycles. The Morgan fingerprint density at radius 1 is 1.14 bits per heavy atom. The molecule has 0 aliphatic heterocycles. The van der Waals surface area contributed by atoms with E-state index in [1.54, 1.807) is 36.4 Å². The highest BCUT2D eigenvalue weighted by Gasteiger charge is 2.05. The lowest BCUT2D eigenvalue weighted by Crippen LogP contribution is -2.13. The number of ketones is 1. The quantitative estimate of drug-likeness (QED) is 0.661. The molecular weight excluding hydrogens is 306 g/mol. The molecule has 0 aliphatic rings. The maximum absolute atomic E-state index is 11.9. The van der Waals surface area contributed by atoms with Gasteiger partial charge in [-0.25, -0.2) is 0 Å². The van der Waals surface area contributed by atoms with Crippen LogP contribution in [0.5, 0.6) is 0 Å². The van der Waals surface area contributed by atoms with E-state index in [1.807, 2.05) is 12.1 Å². The van der Waals surface area contributed by atoms with Crippen LogP contribution in [0.2, 0.25) is 5.02 Å². The molecule has 0 atom stereocenters. The number of thioether (sulfide) groups is 1. The summed E-state index contributed by atoms with van der Waals surface area (Å²) in [5.41, 5.74) is 1.36. The van der Waals surface area contributed by atoms with Crippen LogP contribution in [0.25, 0.3) is 0 Å². The van der Waals surface area contributed by atoms with E-state index in [9.17, 15) is 9.59 Å². The van der Waals surface area contributed by atoms with Crippen molar-refractivity contribution in [1.29, 1.82) is 0 Å². The summed E-state index contributed by atoms with van der Waals surface area (Å²) in [5.74, 6) is 0.197. The number of amides is 1. The highest BCUT2D eigenvalue weighted by Crippen LogP contribution is 2.20. The van der Waals surface area contributed by atoms with E-state index in [1.165, 1.54) is 18.7 Å². The molecule has 0 heterocycles. The molecule has 2 aromatic rings. The van der Waals surface area contributed by atoms with Gasteiger partial charge in [0.1, 0.15) is 0 Å². The number of benzene rings is 2. The molecule has 0 saturated heterocycles. The van der Waals surface area contributed by atoms with Crippen molar-refractivity contribution in [3.05, 3.63) is 59.1 Å². The van der Waals surface area contributed by atoms with Gasteiger partial charge in [-0.05, 0) is 43.3 Å². The predicted octanol–water partition coefficient (Wildman–Crippen LogP) is 4.27. The average Bonchev–Trinajstić information content (AvgIpc) is 2.48. The fraction of sp³-hybridized carbons (Fsp3) is 0.125. The normalized spacial score (nSPS) is 10.2. The molecule has 5 heteroatoms. The van der Waals surface area contributed by atoms with Crippen LogP contribution in [0.4, 0.5) is 5.69 Å². The predicted molar refractivity (Wildman–Crippen MR) is 87.3 cm³/mol. The first-order valence-corrected chi connectivity index (χ1v) is 7.70. The number of hydrogen-bond acceptors (Lipinski definition) is 3. The molecule has 108 valence electrons. The van der Waals surface area contributed by atoms with Crippen molar-refractivity contribution in [3.63, 3.8) is 0 Å². The summed E-state index contributed by atoms with van der Waals surface area (Å²) in [4.78, 5) is 24.1. The zero-order valence-electron chi connectivity index (χ0n) is 11.4. The summed E-state index contributed by atoms with van der Waals surface area (Å²) >= 11 is 7.18. The number of nitrogens with one attached hydrogen (secondary N) is 1. The van der Waals surface area contributed by atoms with Crippen molar-refractivity contribution in [2.45, 2.75) is 11.8 Å². The molecule has 0 radical (unpaired) electrons. The molecule has 21 heavy (non-hydrogen) atoms. The number of hydrogen-bond donors (Lipinski definition) is 1. The summed E-state index contributed by atoms with van der Waals surface area (Å²) in [6, 6.07) is 14.2. The Balaban J connectivity index is 1.90. The summed E-state index contributed by atoms with van der Waals surface area (Å²) < 4.78 is 0. The van der Waals surface area contributed by atoms with Crippen molar-refractivity contribution in [2.75, 3.05) is 11.1 Å². The van der Waals surface area contributed by atoms with Crippen LogP contribution < -0.4 is 5.32 Å². The molecule has 0 fully saturated rings. The third-order valence-corrected chi connectivity index (χ3v) is 3.98. The average molecular weight is 320 g/mol. The van der Waals surface area contributed by atoms with Gasteiger partial charge in [-0.2, -0.15) is 0 Å². The number of anilines is 1. The molecule has 0 bridgehead atoms. The topological polar surface area (TPSA) is 46.2 Å². The van der Waals surface area contributed by atoms with E-state index < -0.39 is 0 Å². The monoisotopic (exact) mass is 319 g/mol. The summed E-state index contributed by atoms with van der Waals surface area (Å²) in [6.45, 7) is 1.52. The minimum absolute atomic E-state index is 0.0167. The maximum atomic E-state index is 11.9. The SMILES string of the molecule is CC(=O)c1cccc(SCC(=O)Nc2ccc(Cl)cc2)c1. The van der Waals surface area contributed by atoms with Gasteiger partial charge in [0.2, 0.25) is 5.91 Å². The summed E-state index contributed by atoms with van der Waals surface area (Å²) in [5, 5.41) is 3.42. The van der Waals surface area contributed by atoms with Gasteiger partial charge in [-0.1, -0.05) is 23.7 Å². The van der Waals surface area contributed by atoms with Crippen molar-refractivity contribution >= 4 is 40.7 Å². The first kappa shape index (κ1) is 15.6. The van der Waals surface area contributed by atoms with Gasteiger partial charge in [0, 0.05) is 21.2 Å². The number of halogens is 1. The minimum Gasteiger partial charge on any atom is -0.325 e. The Morgan fingerprint density at radius 2 is 1.86 bits per heavy atom. The Labute approximate surface area is 132 Å². The second kappa shape index (κ2) is 7.29. The van der Waals surface area contributed by atoms with Crippen molar-refractivity contribution in [3.8, 4) is 0 Å². The molecule has 3 nitrogen and oxygen atoms in total. The van der Waals surface area contributed by atoms with E-state index in [-0.39, 0.29) is 17.4 Å². The van der Waals surface area contributed by atoms with E-state index in [0.717, 1.165) is 4.90 Å². The lowest BCUT2D eigenvalue weighted by Gasteiger charge is -2.06. The van der Waals surface area contributed by atoms with Crippen LogP contribution in [0.1, 0.15) is 17.3 Å². The number of carbonyl (C=O) groups is 2. The molecule has 1 amide bonds. The molecular formula is C16H14ClNO2S. The fourth-order valence-corrected chi connectivity index (χ4v) is 2.57. The summed E-state index contributed by atoms with van der Waals surface area (Å²) in [7, 11) is 0. The van der Waals surface area contributed by atoms with Crippen LogP contribution in [-0.4, -0.2) is 17.4 Å². The largest absolute Gasteiger partial charge is 0.325 e. The molecule has 1 N–H and O–H groups in total. The van der Waals surface area contributed by atoms with Gasteiger partial charge in [-0.15, -0.1) is 11.8 Å². The molecule has 2 rings (SSSR count). The zero-order valence-corrected chi connectivity index (χ0v) is 13.0. The second-order valence-corrected chi connectivity index (χ2v) is 5.91. The maximum Gasteiger partial charge on any atom is 0.234 e. The van der Waals surface area contributed by atoms with E-state index in [4.69, 9.17) is 11.6 Å². The molecule has 0 aromatic heterocycles. The highest BCUT2D eigenvalue weighted by molar-refractivity contribution is 8.00. The molecule has 0 unspecified atom stereocenters. The van der Waals surface area contributed by atoms with E-state index in [2.05, 4.69) is 5.32 Å². The van der Waals surface area contributed by atoms with Gasteiger partial charge >= 0.3 is 0 Å². The first-order valence-electron chi connectivity index (χ1n) is 6.34. The Bertz CT molecular complexity index is 656. The van der Waals surface area contributed by atoms with Crippen molar-refractivity contribution < 1.29 is 9.59 Å². The highest BCUT2D eigenvalue weighted by atomic mass is 35.5.